The topological polar surface area (TPSA) is 46.2 Å². The Bertz CT molecular complexity index is 621. The van der Waals surface area contributed by atoms with Crippen LogP contribution >= 0.6 is 39.1 Å². The number of allylic oxidation sites excluding steroid dienone is 1. The van der Waals surface area contributed by atoms with Gasteiger partial charge in [-0.3, -0.25) is 0 Å². The quantitative estimate of drug-likeness (QED) is 0.740. The highest BCUT2D eigenvalue weighted by atomic mass is 79.9. The summed E-state index contributed by atoms with van der Waals surface area (Å²) in [7, 11) is -3.69. The fourth-order valence-electron chi connectivity index (χ4n) is 2.17. The van der Waals surface area contributed by atoms with Crippen LogP contribution in [0.15, 0.2) is 33.2 Å². The lowest BCUT2D eigenvalue weighted by atomic mass is 10.2. The van der Waals surface area contributed by atoms with Crippen LogP contribution in [0, 0.1) is 0 Å². The number of hydrogen-bond acceptors (Lipinski definition) is 2. The smallest absolute Gasteiger partial charge is 0.211 e. The molecular weight excluding hydrogens is 385 g/mol. The van der Waals surface area contributed by atoms with Gasteiger partial charge in [0, 0.05) is 11.0 Å². The normalized spacial score (nSPS) is 15.4. The summed E-state index contributed by atoms with van der Waals surface area (Å²) < 4.78 is 27.7. The molecule has 0 atom stereocenters. The highest BCUT2D eigenvalue weighted by Gasteiger charge is 2.22. The molecule has 3 nitrogen and oxygen atoms in total. The molecule has 0 aliphatic heterocycles. The number of rotatable bonds is 5. The van der Waals surface area contributed by atoms with Crippen molar-refractivity contribution in [1.29, 1.82) is 0 Å². The standard InChI is InChI=1S/C13H14BrCl2NO2S/c14-10-7-11(15)13(12(16)8-10)20(18,19)17-6-5-9-3-1-2-4-9/h3,7-8,17H,1-2,4-6H2. The Labute approximate surface area is 137 Å². The van der Waals surface area contributed by atoms with Gasteiger partial charge in [0.1, 0.15) is 4.90 Å². The summed E-state index contributed by atoms with van der Waals surface area (Å²) in [5, 5.41) is 0.217. The van der Waals surface area contributed by atoms with Gasteiger partial charge in [0.15, 0.2) is 0 Å². The van der Waals surface area contributed by atoms with Crippen molar-refractivity contribution in [3.63, 3.8) is 0 Å². The van der Waals surface area contributed by atoms with Gasteiger partial charge in [-0.1, -0.05) is 50.8 Å². The lowest BCUT2D eigenvalue weighted by Gasteiger charge is -2.11. The Morgan fingerprint density at radius 2 is 1.90 bits per heavy atom. The van der Waals surface area contributed by atoms with E-state index in [1.165, 1.54) is 17.7 Å². The molecule has 110 valence electrons. The van der Waals surface area contributed by atoms with E-state index in [9.17, 15) is 8.42 Å². The molecule has 0 saturated heterocycles. The van der Waals surface area contributed by atoms with E-state index in [0.29, 0.717) is 11.0 Å². The van der Waals surface area contributed by atoms with Crippen molar-refractivity contribution >= 4 is 49.2 Å². The Hall–Kier alpha value is -0.0700. The van der Waals surface area contributed by atoms with Gasteiger partial charge in [-0.15, -0.1) is 0 Å². The molecule has 1 aromatic carbocycles. The van der Waals surface area contributed by atoms with Gasteiger partial charge >= 0.3 is 0 Å². The molecule has 1 N–H and O–H groups in total. The molecular formula is C13H14BrCl2NO2S. The first-order valence-corrected chi connectivity index (χ1v) is 9.25. The fraction of sp³-hybridized carbons (Fsp3) is 0.385. The highest BCUT2D eigenvalue weighted by molar-refractivity contribution is 9.10. The van der Waals surface area contributed by atoms with Gasteiger partial charge in [-0.25, -0.2) is 13.1 Å². The van der Waals surface area contributed by atoms with Crippen molar-refractivity contribution in [3.05, 3.63) is 38.3 Å². The lowest BCUT2D eigenvalue weighted by Crippen LogP contribution is -2.25. The number of halogens is 3. The van der Waals surface area contributed by atoms with Crippen LogP contribution < -0.4 is 4.72 Å². The second kappa shape index (κ2) is 6.79. The maximum Gasteiger partial charge on any atom is 0.243 e. The molecule has 7 heteroatoms. The SMILES string of the molecule is O=S(=O)(NCCC1=CCCC1)c1c(Cl)cc(Br)cc1Cl. The van der Waals surface area contributed by atoms with Crippen molar-refractivity contribution < 1.29 is 8.42 Å². The van der Waals surface area contributed by atoms with Crippen molar-refractivity contribution in [2.24, 2.45) is 0 Å². The molecule has 2 rings (SSSR count). The van der Waals surface area contributed by atoms with Gasteiger partial charge in [0.05, 0.1) is 10.0 Å². The average Bonchev–Trinajstić information content (AvgIpc) is 2.79. The largest absolute Gasteiger partial charge is 0.243 e. The van der Waals surface area contributed by atoms with Crippen molar-refractivity contribution in [2.45, 2.75) is 30.6 Å². The predicted molar refractivity (Wildman–Crippen MR) is 85.9 cm³/mol. The minimum atomic E-state index is -3.69. The van der Waals surface area contributed by atoms with Gasteiger partial charge in [0.2, 0.25) is 10.0 Å². The van der Waals surface area contributed by atoms with Gasteiger partial charge in [0.25, 0.3) is 0 Å². The van der Waals surface area contributed by atoms with Crippen LogP contribution in [0.1, 0.15) is 25.7 Å². The Morgan fingerprint density at radius 3 is 2.45 bits per heavy atom. The zero-order chi connectivity index (χ0) is 14.8. The summed E-state index contributed by atoms with van der Waals surface area (Å²) in [6, 6.07) is 3.03. The monoisotopic (exact) mass is 397 g/mol. The van der Waals surface area contributed by atoms with E-state index in [2.05, 4.69) is 26.7 Å². The second-order valence-electron chi connectivity index (χ2n) is 4.60. The molecule has 0 heterocycles. The molecule has 20 heavy (non-hydrogen) atoms. The molecule has 0 unspecified atom stereocenters. The molecule has 0 bridgehead atoms. The van der Waals surface area contributed by atoms with E-state index in [0.717, 1.165) is 25.7 Å². The predicted octanol–water partition coefficient (Wildman–Crippen LogP) is 4.53. The van der Waals surface area contributed by atoms with E-state index < -0.39 is 10.0 Å². The Balaban J connectivity index is 2.10. The number of sulfonamides is 1. The van der Waals surface area contributed by atoms with Crippen LogP contribution in [0.4, 0.5) is 0 Å². The van der Waals surface area contributed by atoms with Crippen LogP contribution in [0.3, 0.4) is 0 Å². The number of nitrogens with one attached hydrogen (secondary N) is 1. The van der Waals surface area contributed by atoms with Crippen molar-refractivity contribution in [3.8, 4) is 0 Å². The summed E-state index contributed by atoms with van der Waals surface area (Å²) in [4.78, 5) is -0.0653. The molecule has 0 aromatic heterocycles. The Morgan fingerprint density at radius 1 is 1.25 bits per heavy atom. The summed E-state index contributed by atoms with van der Waals surface area (Å²) >= 11 is 15.2. The van der Waals surface area contributed by atoms with Crippen LogP contribution in [0.25, 0.3) is 0 Å². The molecule has 0 saturated carbocycles. The summed E-state index contributed by atoms with van der Waals surface area (Å²) in [6.07, 6.45) is 6.21. The molecule has 0 radical (unpaired) electrons. The van der Waals surface area contributed by atoms with Gasteiger partial charge < -0.3 is 0 Å². The molecule has 0 amide bonds. The number of hydrogen-bond donors (Lipinski definition) is 1. The third-order valence-corrected chi connectivity index (χ3v) is 5.94. The molecule has 0 fully saturated rings. The summed E-state index contributed by atoms with van der Waals surface area (Å²) in [5.41, 5.74) is 1.31. The third-order valence-electron chi connectivity index (χ3n) is 3.11. The molecule has 1 aliphatic rings. The van der Waals surface area contributed by atoms with E-state index in [-0.39, 0.29) is 14.9 Å². The second-order valence-corrected chi connectivity index (χ2v) is 8.03. The average molecular weight is 399 g/mol. The number of benzene rings is 1. The first kappa shape index (κ1) is 16.3. The minimum absolute atomic E-state index is 0.0653. The van der Waals surface area contributed by atoms with Crippen LogP contribution in [0.2, 0.25) is 10.0 Å². The first-order valence-electron chi connectivity index (χ1n) is 6.22. The van der Waals surface area contributed by atoms with Crippen LogP contribution in [-0.2, 0) is 10.0 Å². The molecule has 1 aliphatic carbocycles. The van der Waals surface area contributed by atoms with Crippen molar-refractivity contribution in [2.75, 3.05) is 6.54 Å². The maximum absolute atomic E-state index is 12.2. The lowest BCUT2D eigenvalue weighted by molar-refractivity contribution is 0.581. The fourth-order valence-corrected chi connectivity index (χ4v) is 5.13. The maximum atomic E-state index is 12.2. The zero-order valence-electron chi connectivity index (χ0n) is 10.6. The van der Waals surface area contributed by atoms with E-state index in [1.54, 1.807) is 0 Å². The zero-order valence-corrected chi connectivity index (χ0v) is 14.5. The Kier molecular flexibility index (Phi) is 5.54. The van der Waals surface area contributed by atoms with E-state index in [1.807, 2.05) is 0 Å². The van der Waals surface area contributed by atoms with Gasteiger partial charge in [-0.05, 0) is 37.8 Å². The van der Waals surface area contributed by atoms with E-state index in [4.69, 9.17) is 23.2 Å². The van der Waals surface area contributed by atoms with E-state index >= 15 is 0 Å². The minimum Gasteiger partial charge on any atom is -0.211 e. The summed E-state index contributed by atoms with van der Waals surface area (Å²) in [5.74, 6) is 0. The summed E-state index contributed by atoms with van der Waals surface area (Å²) in [6.45, 7) is 0.358. The third kappa shape index (κ3) is 3.98. The van der Waals surface area contributed by atoms with Gasteiger partial charge in [-0.2, -0.15) is 0 Å². The molecule has 1 aromatic rings. The first-order chi connectivity index (χ1) is 9.40. The van der Waals surface area contributed by atoms with Crippen molar-refractivity contribution in [1.82, 2.24) is 4.72 Å². The highest BCUT2D eigenvalue weighted by Crippen LogP contribution is 2.32. The van der Waals surface area contributed by atoms with Crippen LogP contribution in [0.5, 0.6) is 0 Å². The van der Waals surface area contributed by atoms with Crippen LogP contribution in [-0.4, -0.2) is 15.0 Å². The molecule has 0 spiro atoms.